The van der Waals surface area contributed by atoms with Crippen LogP contribution in [0.2, 0.25) is 0 Å². The first-order chi connectivity index (χ1) is 7.82. The third-order valence-corrected chi connectivity index (χ3v) is 3.62. The van der Waals surface area contributed by atoms with Gasteiger partial charge in [-0.05, 0) is 18.3 Å². The van der Waals surface area contributed by atoms with E-state index in [1.165, 1.54) is 0 Å². The highest BCUT2D eigenvalue weighted by Gasteiger charge is 2.29. The summed E-state index contributed by atoms with van der Waals surface area (Å²) >= 11 is 0. The molecule has 2 unspecified atom stereocenters. The lowest BCUT2D eigenvalue weighted by Crippen LogP contribution is -2.50. The first-order valence-corrected chi connectivity index (χ1v) is 6.53. The van der Waals surface area contributed by atoms with E-state index in [9.17, 15) is 9.90 Å². The molecule has 100 valence electrons. The van der Waals surface area contributed by atoms with E-state index < -0.39 is 6.04 Å². The molecule has 1 saturated carbocycles. The van der Waals surface area contributed by atoms with Crippen molar-refractivity contribution in [2.24, 2.45) is 17.1 Å². The van der Waals surface area contributed by atoms with Crippen molar-refractivity contribution in [3.8, 4) is 0 Å². The summed E-state index contributed by atoms with van der Waals surface area (Å²) in [5.41, 5.74) is 5.64. The van der Waals surface area contributed by atoms with Gasteiger partial charge in [-0.2, -0.15) is 0 Å². The number of aliphatic hydroxyl groups excluding tert-OH is 1. The molecule has 1 aliphatic rings. The molecule has 0 heterocycles. The first-order valence-electron chi connectivity index (χ1n) is 6.53. The maximum absolute atomic E-state index is 11.8. The molecule has 0 aromatic heterocycles. The van der Waals surface area contributed by atoms with Gasteiger partial charge in [-0.25, -0.2) is 0 Å². The van der Waals surface area contributed by atoms with E-state index in [1.807, 2.05) is 20.8 Å². The van der Waals surface area contributed by atoms with Crippen LogP contribution in [-0.2, 0) is 4.79 Å². The molecule has 17 heavy (non-hydrogen) atoms. The average molecular weight is 242 g/mol. The Bertz CT molecular complexity index is 261. The lowest BCUT2D eigenvalue weighted by molar-refractivity contribution is -0.124. The predicted molar refractivity (Wildman–Crippen MR) is 68.4 cm³/mol. The van der Waals surface area contributed by atoms with Crippen LogP contribution < -0.4 is 11.1 Å². The van der Waals surface area contributed by atoms with Crippen molar-refractivity contribution in [2.75, 3.05) is 6.54 Å². The average Bonchev–Trinajstić information content (AvgIpc) is 2.25. The smallest absolute Gasteiger partial charge is 0.237 e. The van der Waals surface area contributed by atoms with E-state index in [4.69, 9.17) is 5.73 Å². The van der Waals surface area contributed by atoms with Gasteiger partial charge in [0.05, 0.1) is 12.1 Å². The van der Waals surface area contributed by atoms with Gasteiger partial charge in [-0.1, -0.05) is 33.6 Å². The highest BCUT2D eigenvalue weighted by Crippen LogP contribution is 2.24. The van der Waals surface area contributed by atoms with Crippen LogP contribution in [0.5, 0.6) is 0 Å². The molecule has 0 bridgehead atoms. The molecule has 0 aromatic rings. The summed E-state index contributed by atoms with van der Waals surface area (Å²) in [6.45, 7) is 6.40. The standard InChI is InChI=1S/C13H26N2O2/c1-13(2,3)11(14)12(17)15-8-9-6-4-5-7-10(9)16/h9-11,16H,4-8,14H2,1-3H3,(H,15,17)/t9?,10?,11-/m0/s1. The van der Waals surface area contributed by atoms with Crippen molar-refractivity contribution in [3.63, 3.8) is 0 Å². The zero-order valence-corrected chi connectivity index (χ0v) is 11.2. The van der Waals surface area contributed by atoms with Gasteiger partial charge in [0.2, 0.25) is 5.91 Å². The fraction of sp³-hybridized carbons (Fsp3) is 0.923. The zero-order chi connectivity index (χ0) is 13.1. The minimum Gasteiger partial charge on any atom is -0.393 e. The number of nitrogens with one attached hydrogen (secondary N) is 1. The van der Waals surface area contributed by atoms with Crippen LogP contribution in [0.4, 0.5) is 0 Å². The summed E-state index contributed by atoms with van der Waals surface area (Å²) in [5, 5.41) is 12.7. The van der Waals surface area contributed by atoms with Crippen LogP contribution in [0.3, 0.4) is 0 Å². The fourth-order valence-electron chi connectivity index (χ4n) is 2.16. The normalized spacial score (nSPS) is 27.6. The molecule has 1 amide bonds. The predicted octanol–water partition coefficient (Wildman–Crippen LogP) is 1.03. The van der Waals surface area contributed by atoms with Gasteiger partial charge < -0.3 is 16.2 Å². The van der Waals surface area contributed by atoms with Crippen molar-refractivity contribution in [1.29, 1.82) is 0 Å². The van der Waals surface area contributed by atoms with Gasteiger partial charge in [0.1, 0.15) is 0 Å². The monoisotopic (exact) mass is 242 g/mol. The number of hydrogen-bond acceptors (Lipinski definition) is 3. The Hall–Kier alpha value is -0.610. The van der Waals surface area contributed by atoms with Gasteiger partial charge in [0.15, 0.2) is 0 Å². The highest BCUT2D eigenvalue weighted by atomic mass is 16.3. The van der Waals surface area contributed by atoms with Crippen LogP contribution in [0.15, 0.2) is 0 Å². The van der Waals surface area contributed by atoms with Crippen LogP contribution in [0.25, 0.3) is 0 Å². The van der Waals surface area contributed by atoms with Crippen molar-refractivity contribution in [2.45, 2.75) is 58.6 Å². The molecule has 0 spiro atoms. The Morgan fingerprint density at radius 2 is 2.00 bits per heavy atom. The molecule has 0 radical (unpaired) electrons. The number of amides is 1. The second kappa shape index (κ2) is 5.83. The molecule has 0 aromatic carbocycles. The second-order valence-electron chi connectivity index (χ2n) is 6.20. The molecule has 4 nitrogen and oxygen atoms in total. The third-order valence-electron chi connectivity index (χ3n) is 3.62. The van der Waals surface area contributed by atoms with Crippen LogP contribution in [-0.4, -0.2) is 29.7 Å². The summed E-state index contributed by atoms with van der Waals surface area (Å²) in [6, 6.07) is -0.497. The lowest BCUT2D eigenvalue weighted by atomic mass is 9.85. The second-order valence-corrected chi connectivity index (χ2v) is 6.20. The molecule has 0 saturated heterocycles. The number of carbonyl (C=O) groups excluding carboxylic acids is 1. The summed E-state index contributed by atoms with van der Waals surface area (Å²) in [4.78, 5) is 11.8. The molecule has 1 fully saturated rings. The molecule has 4 heteroatoms. The summed E-state index contributed by atoms with van der Waals surface area (Å²) < 4.78 is 0. The van der Waals surface area contributed by atoms with E-state index in [0.29, 0.717) is 6.54 Å². The highest BCUT2D eigenvalue weighted by molar-refractivity contribution is 5.82. The van der Waals surface area contributed by atoms with E-state index in [2.05, 4.69) is 5.32 Å². The minimum atomic E-state index is -0.497. The van der Waals surface area contributed by atoms with Crippen molar-refractivity contribution in [1.82, 2.24) is 5.32 Å². The molecule has 4 N–H and O–H groups in total. The van der Waals surface area contributed by atoms with Crippen molar-refractivity contribution < 1.29 is 9.90 Å². The van der Waals surface area contributed by atoms with Gasteiger partial charge in [0, 0.05) is 12.5 Å². The molecule has 0 aliphatic heterocycles. The van der Waals surface area contributed by atoms with Crippen LogP contribution in [0, 0.1) is 11.3 Å². The summed E-state index contributed by atoms with van der Waals surface area (Å²) in [7, 11) is 0. The van der Waals surface area contributed by atoms with Gasteiger partial charge >= 0.3 is 0 Å². The van der Waals surface area contributed by atoms with Crippen LogP contribution >= 0.6 is 0 Å². The largest absolute Gasteiger partial charge is 0.393 e. The molecular weight excluding hydrogens is 216 g/mol. The third kappa shape index (κ3) is 4.28. The summed E-state index contributed by atoms with van der Waals surface area (Å²) in [5.74, 6) is 0.0788. The molecular formula is C13H26N2O2. The van der Waals surface area contributed by atoms with E-state index in [1.54, 1.807) is 0 Å². The SMILES string of the molecule is CC(C)(C)[C@@H](N)C(=O)NCC1CCCCC1O. The maximum atomic E-state index is 11.8. The molecule has 1 aliphatic carbocycles. The first kappa shape index (κ1) is 14.5. The number of nitrogens with two attached hydrogens (primary N) is 1. The Labute approximate surface area is 104 Å². The number of rotatable bonds is 3. The Morgan fingerprint density at radius 1 is 1.41 bits per heavy atom. The molecule has 1 rings (SSSR count). The van der Waals surface area contributed by atoms with Gasteiger partial charge in [-0.15, -0.1) is 0 Å². The topological polar surface area (TPSA) is 75.4 Å². The quantitative estimate of drug-likeness (QED) is 0.692. The van der Waals surface area contributed by atoms with E-state index in [-0.39, 0.29) is 23.3 Å². The zero-order valence-electron chi connectivity index (χ0n) is 11.2. The maximum Gasteiger partial charge on any atom is 0.237 e. The van der Waals surface area contributed by atoms with Gasteiger partial charge in [-0.3, -0.25) is 4.79 Å². The Balaban J connectivity index is 2.37. The lowest BCUT2D eigenvalue weighted by Gasteiger charge is -2.30. The molecule has 3 atom stereocenters. The van der Waals surface area contributed by atoms with Crippen molar-refractivity contribution in [3.05, 3.63) is 0 Å². The number of carbonyl (C=O) groups is 1. The van der Waals surface area contributed by atoms with E-state index >= 15 is 0 Å². The number of aliphatic hydroxyl groups is 1. The van der Waals surface area contributed by atoms with Crippen LogP contribution in [0.1, 0.15) is 46.5 Å². The van der Waals surface area contributed by atoms with Gasteiger partial charge in [0.25, 0.3) is 0 Å². The van der Waals surface area contributed by atoms with Crippen molar-refractivity contribution >= 4 is 5.91 Å². The Morgan fingerprint density at radius 3 is 2.53 bits per heavy atom. The number of hydrogen-bond donors (Lipinski definition) is 3. The summed E-state index contributed by atoms with van der Waals surface area (Å²) in [6.07, 6.45) is 3.81. The Kier molecular flexibility index (Phi) is 4.95. The van der Waals surface area contributed by atoms with E-state index in [0.717, 1.165) is 25.7 Å². The fourth-order valence-corrected chi connectivity index (χ4v) is 2.16. The minimum absolute atomic E-state index is 0.115.